The smallest absolute Gasteiger partial charge is 0.382 e. The number of nitrogens with zero attached hydrogens (tertiary/aromatic N) is 3. The summed E-state index contributed by atoms with van der Waals surface area (Å²) in [6.45, 7) is 4.08. The number of carbonyl (C=O) groups is 1. The van der Waals surface area contributed by atoms with Crippen LogP contribution in [-0.2, 0) is 6.18 Å². The van der Waals surface area contributed by atoms with E-state index in [2.05, 4.69) is 27.8 Å². The van der Waals surface area contributed by atoms with E-state index in [9.17, 15) is 18.0 Å². The molecule has 1 unspecified atom stereocenters. The number of halogens is 4. The molecule has 10 heteroatoms. The van der Waals surface area contributed by atoms with E-state index in [1.54, 1.807) is 18.2 Å². The van der Waals surface area contributed by atoms with Crippen LogP contribution in [0.1, 0.15) is 48.7 Å². The van der Waals surface area contributed by atoms with Crippen molar-refractivity contribution < 1.29 is 18.0 Å². The highest BCUT2D eigenvalue weighted by atomic mass is 35.5. The number of alkyl halides is 3. The summed E-state index contributed by atoms with van der Waals surface area (Å²) >= 11 is 0. The first-order chi connectivity index (χ1) is 15.3. The number of carbonyl (C=O) groups excluding carboxylic acids is 1. The highest BCUT2D eigenvalue weighted by Crippen LogP contribution is 2.36. The Balaban J connectivity index is 0.00000306. The second-order valence-corrected chi connectivity index (χ2v) is 8.75. The largest absolute Gasteiger partial charge is 0.418 e. The lowest BCUT2D eigenvalue weighted by molar-refractivity contribution is -0.137. The third kappa shape index (κ3) is 6.50. The molecule has 180 valence electrons. The fraction of sp³-hybridized carbons (Fsp3) is 0.522. The Hall–Kier alpha value is -2.55. The van der Waals surface area contributed by atoms with Crippen LogP contribution >= 0.6 is 12.4 Å². The first kappa shape index (κ1) is 25.1. The minimum absolute atomic E-state index is 0. The van der Waals surface area contributed by atoms with Gasteiger partial charge in [0.15, 0.2) is 11.5 Å². The molecule has 4 rings (SSSR count). The van der Waals surface area contributed by atoms with Gasteiger partial charge in [0.25, 0.3) is 5.91 Å². The Morgan fingerprint density at radius 3 is 2.39 bits per heavy atom. The zero-order chi connectivity index (χ0) is 22.7. The highest BCUT2D eigenvalue weighted by molar-refractivity contribution is 5.92. The SMILES string of the molecule is CC(CNC(=O)c1ccc(N2CCC(Nc3ccccc3C(F)(F)F)CC2)nn1)C1CC1.Cl. The molecule has 0 bridgehead atoms. The number of amides is 1. The molecule has 0 spiro atoms. The van der Waals surface area contributed by atoms with Crippen LogP contribution in [0.15, 0.2) is 36.4 Å². The van der Waals surface area contributed by atoms with Crippen LogP contribution in [0, 0.1) is 11.8 Å². The zero-order valence-corrected chi connectivity index (χ0v) is 19.3. The van der Waals surface area contributed by atoms with Crippen molar-refractivity contribution in [3.63, 3.8) is 0 Å². The van der Waals surface area contributed by atoms with Crippen LogP contribution in [0.3, 0.4) is 0 Å². The van der Waals surface area contributed by atoms with Crippen molar-refractivity contribution in [1.82, 2.24) is 15.5 Å². The van der Waals surface area contributed by atoms with Crippen LogP contribution in [0.2, 0.25) is 0 Å². The molecule has 2 heterocycles. The van der Waals surface area contributed by atoms with Crippen molar-refractivity contribution in [2.75, 3.05) is 29.9 Å². The van der Waals surface area contributed by atoms with Crippen molar-refractivity contribution >= 4 is 29.8 Å². The zero-order valence-electron chi connectivity index (χ0n) is 18.4. The Morgan fingerprint density at radius 2 is 1.79 bits per heavy atom. The van der Waals surface area contributed by atoms with Crippen molar-refractivity contribution in [3.8, 4) is 0 Å². The molecule has 2 aromatic rings. The summed E-state index contributed by atoms with van der Waals surface area (Å²) in [5, 5.41) is 14.2. The summed E-state index contributed by atoms with van der Waals surface area (Å²) in [4.78, 5) is 14.3. The molecule has 1 aromatic heterocycles. The predicted octanol–water partition coefficient (Wildman–Crippen LogP) is 4.77. The van der Waals surface area contributed by atoms with Gasteiger partial charge in [-0.15, -0.1) is 22.6 Å². The lowest BCUT2D eigenvalue weighted by Crippen LogP contribution is -2.40. The number of rotatable bonds is 7. The van der Waals surface area contributed by atoms with Crippen LogP contribution in [0.25, 0.3) is 0 Å². The van der Waals surface area contributed by atoms with Gasteiger partial charge in [0.05, 0.1) is 5.56 Å². The van der Waals surface area contributed by atoms with E-state index < -0.39 is 11.7 Å². The lowest BCUT2D eigenvalue weighted by Gasteiger charge is -2.33. The lowest BCUT2D eigenvalue weighted by atomic mass is 10.0. The molecule has 1 saturated carbocycles. The first-order valence-electron chi connectivity index (χ1n) is 11.1. The summed E-state index contributed by atoms with van der Waals surface area (Å²) in [7, 11) is 0. The van der Waals surface area contributed by atoms with Gasteiger partial charge in [-0.25, -0.2) is 0 Å². The maximum Gasteiger partial charge on any atom is 0.418 e. The van der Waals surface area contributed by atoms with Gasteiger partial charge >= 0.3 is 6.18 Å². The molecule has 2 aliphatic rings. The van der Waals surface area contributed by atoms with Crippen LogP contribution < -0.4 is 15.5 Å². The topological polar surface area (TPSA) is 70.2 Å². The summed E-state index contributed by atoms with van der Waals surface area (Å²) in [6, 6.07) is 8.95. The van der Waals surface area contributed by atoms with Crippen LogP contribution in [0.5, 0.6) is 0 Å². The first-order valence-corrected chi connectivity index (χ1v) is 11.1. The second-order valence-electron chi connectivity index (χ2n) is 8.75. The molecule has 1 aliphatic carbocycles. The van der Waals surface area contributed by atoms with Crippen molar-refractivity contribution in [2.45, 2.75) is 44.8 Å². The van der Waals surface area contributed by atoms with Gasteiger partial charge < -0.3 is 15.5 Å². The Labute approximate surface area is 197 Å². The number of piperidine rings is 1. The van der Waals surface area contributed by atoms with Gasteiger partial charge in [-0.3, -0.25) is 4.79 Å². The average Bonchev–Trinajstić information content (AvgIpc) is 3.63. The maximum absolute atomic E-state index is 13.2. The maximum atomic E-state index is 13.2. The molecular weight excluding hydrogens is 455 g/mol. The summed E-state index contributed by atoms with van der Waals surface area (Å²) in [6.07, 6.45) is -0.548. The molecule has 1 atom stereocenters. The Kier molecular flexibility index (Phi) is 8.05. The highest BCUT2D eigenvalue weighted by Gasteiger charge is 2.34. The molecule has 0 radical (unpaired) electrons. The van der Waals surface area contributed by atoms with Crippen molar-refractivity contribution in [3.05, 3.63) is 47.7 Å². The van der Waals surface area contributed by atoms with E-state index in [1.807, 2.05) is 4.90 Å². The molecule has 2 fully saturated rings. The number of hydrogen-bond acceptors (Lipinski definition) is 5. The van der Waals surface area contributed by atoms with Gasteiger partial charge in [0.1, 0.15) is 0 Å². The van der Waals surface area contributed by atoms with Crippen LogP contribution in [-0.4, -0.2) is 41.8 Å². The Morgan fingerprint density at radius 1 is 1.09 bits per heavy atom. The van der Waals surface area contributed by atoms with Crippen LogP contribution in [0.4, 0.5) is 24.7 Å². The van der Waals surface area contributed by atoms with Gasteiger partial charge in [-0.1, -0.05) is 19.1 Å². The number of nitrogens with one attached hydrogen (secondary N) is 2. The van der Waals surface area contributed by atoms with E-state index in [0.717, 1.165) is 12.0 Å². The predicted molar refractivity (Wildman–Crippen MR) is 124 cm³/mol. The summed E-state index contributed by atoms with van der Waals surface area (Å²) in [5.74, 6) is 1.65. The fourth-order valence-corrected chi connectivity index (χ4v) is 4.12. The number of anilines is 2. The van der Waals surface area contributed by atoms with E-state index >= 15 is 0 Å². The van der Waals surface area contributed by atoms with Gasteiger partial charge in [-0.2, -0.15) is 13.2 Å². The number of aromatic nitrogens is 2. The molecule has 1 saturated heterocycles. The number of para-hydroxylation sites is 1. The monoisotopic (exact) mass is 483 g/mol. The quantitative estimate of drug-likeness (QED) is 0.593. The molecule has 6 nitrogen and oxygen atoms in total. The van der Waals surface area contributed by atoms with E-state index in [-0.39, 0.29) is 35.7 Å². The molecule has 33 heavy (non-hydrogen) atoms. The van der Waals surface area contributed by atoms with Crippen molar-refractivity contribution in [2.24, 2.45) is 11.8 Å². The normalized spacial score (nSPS) is 17.8. The summed E-state index contributed by atoms with van der Waals surface area (Å²) in [5.41, 5.74) is -0.240. The van der Waals surface area contributed by atoms with Crippen molar-refractivity contribution in [1.29, 1.82) is 0 Å². The molecule has 1 aromatic carbocycles. The third-order valence-electron chi connectivity index (χ3n) is 6.31. The van der Waals surface area contributed by atoms with Gasteiger partial charge in [-0.05, 0) is 61.8 Å². The standard InChI is InChI=1S/C23H28F3N5O.ClH/c1-15(16-6-7-16)14-27-22(32)20-8-9-21(30-29-20)31-12-10-17(11-13-31)28-19-5-3-2-4-18(19)23(24,25)26;/h2-5,8-9,15-17,28H,6-7,10-14H2,1H3,(H,27,32);1H. The molecule has 2 N–H and O–H groups in total. The number of benzene rings is 1. The van der Waals surface area contributed by atoms with E-state index in [0.29, 0.717) is 44.2 Å². The van der Waals surface area contributed by atoms with Gasteiger partial charge in [0.2, 0.25) is 0 Å². The second kappa shape index (κ2) is 10.6. The summed E-state index contributed by atoms with van der Waals surface area (Å²) < 4.78 is 39.6. The number of hydrogen-bond donors (Lipinski definition) is 2. The minimum atomic E-state index is -4.39. The fourth-order valence-electron chi connectivity index (χ4n) is 4.12. The Bertz CT molecular complexity index is 928. The molecular formula is C23H29ClF3N5O. The molecule has 1 aliphatic heterocycles. The minimum Gasteiger partial charge on any atom is -0.382 e. The van der Waals surface area contributed by atoms with Gasteiger partial charge in [0, 0.05) is 31.4 Å². The van der Waals surface area contributed by atoms with E-state index in [1.165, 1.54) is 25.0 Å². The average molecular weight is 484 g/mol. The third-order valence-corrected chi connectivity index (χ3v) is 6.31. The molecule has 1 amide bonds. The van der Waals surface area contributed by atoms with E-state index in [4.69, 9.17) is 0 Å².